The van der Waals surface area contributed by atoms with Gasteiger partial charge in [0.2, 0.25) is 0 Å². The summed E-state index contributed by atoms with van der Waals surface area (Å²) >= 11 is 0. The monoisotopic (exact) mass is 251 g/mol. The van der Waals surface area contributed by atoms with Crippen LogP contribution in [0.2, 0.25) is 0 Å². The van der Waals surface area contributed by atoms with Gasteiger partial charge in [0.1, 0.15) is 5.75 Å². The number of methoxy groups -OCH3 is 1. The van der Waals surface area contributed by atoms with Crippen molar-refractivity contribution < 1.29 is 14.3 Å². The van der Waals surface area contributed by atoms with Crippen LogP contribution in [-0.2, 0) is 11.2 Å². The molecule has 0 fully saturated rings. The highest BCUT2D eigenvalue weighted by Gasteiger charge is 2.00. The molecule has 0 aliphatic heterocycles. The van der Waals surface area contributed by atoms with E-state index in [0.717, 1.165) is 24.3 Å². The first-order valence-corrected chi connectivity index (χ1v) is 6.15. The van der Waals surface area contributed by atoms with Crippen LogP contribution in [0.5, 0.6) is 5.75 Å². The quantitative estimate of drug-likeness (QED) is 0.845. The van der Waals surface area contributed by atoms with Crippen molar-refractivity contribution in [3.63, 3.8) is 0 Å². The third-order valence-electron chi connectivity index (χ3n) is 2.38. The van der Waals surface area contributed by atoms with Gasteiger partial charge in [0.05, 0.1) is 13.7 Å². The van der Waals surface area contributed by atoms with E-state index in [0.29, 0.717) is 12.5 Å². The zero-order valence-electron chi connectivity index (χ0n) is 11.2. The molecular formula is C14H21NO3. The molecule has 0 bridgehead atoms. The molecular weight excluding hydrogens is 230 g/mol. The number of rotatable bonds is 6. The van der Waals surface area contributed by atoms with E-state index < -0.39 is 6.09 Å². The Morgan fingerprint density at radius 2 is 1.94 bits per heavy atom. The Balaban J connectivity index is 2.33. The summed E-state index contributed by atoms with van der Waals surface area (Å²) in [5.74, 6) is 1.40. The van der Waals surface area contributed by atoms with E-state index in [4.69, 9.17) is 4.74 Å². The Bertz CT molecular complexity index is 360. The fourth-order valence-corrected chi connectivity index (χ4v) is 1.40. The summed E-state index contributed by atoms with van der Waals surface area (Å²) in [6, 6.07) is 7.93. The van der Waals surface area contributed by atoms with Crippen LogP contribution in [0.4, 0.5) is 4.79 Å². The molecule has 0 aliphatic rings. The molecule has 0 unspecified atom stereocenters. The van der Waals surface area contributed by atoms with Crippen LogP contribution in [0.1, 0.15) is 19.4 Å². The topological polar surface area (TPSA) is 47.6 Å². The molecule has 1 rings (SSSR count). The highest BCUT2D eigenvalue weighted by molar-refractivity contribution is 5.66. The summed E-state index contributed by atoms with van der Waals surface area (Å²) in [5.41, 5.74) is 1.16. The SMILES string of the molecule is COC(=O)NCCc1ccc(OCC(C)C)cc1. The Kier molecular flexibility index (Phi) is 6.05. The van der Waals surface area contributed by atoms with Crippen LogP contribution < -0.4 is 10.1 Å². The van der Waals surface area contributed by atoms with Gasteiger partial charge in [-0.1, -0.05) is 26.0 Å². The number of nitrogens with one attached hydrogen (secondary N) is 1. The average molecular weight is 251 g/mol. The first kappa shape index (κ1) is 14.4. The molecule has 0 spiro atoms. The van der Waals surface area contributed by atoms with Crippen molar-refractivity contribution in [2.24, 2.45) is 5.92 Å². The van der Waals surface area contributed by atoms with E-state index >= 15 is 0 Å². The molecule has 1 aromatic carbocycles. The lowest BCUT2D eigenvalue weighted by Crippen LogP contribution is -2.25. The highest BCUT2D eigenvalue weighted by atomic mass is 16.5. The van der Waals surface area contributed by atoms with Gasteiger partial charge in [0.15, 0.2) is 0 Å². The fraction of sp³-hybridized carbons (Fsp3) is 0.500. The van der Waals surface area contributed by atoms with Crippen LogP contribution in [0, 0.1) is 5.92 Å². The second-order valence-electron chi connectivity index (χ2n) is 4.52. The number of amides is 1. The van der Waals surface area contributed by atoms with Crippen LogP contribution >= 0.6 is 0 Å². The highest BCUT2D eigenvalue weighted by Crippen LogP contribution is 2.13. The summed E-state index contributed by atoms with van der Waals surface area (Å²) in [4.78, 5) is 10.9. The maximum Gasteiger partial charge on any atom is 0.406 e. The van der Waals surface area contributed by atoms with E-state index in [2.05, 4.69) is 23.9 Å². The van der Waals surface area contributed by atoms with Gasteiger partial charge in [-0.3, -0.25) is 0 Å². The van der Waals surface area contributed by atoms with Crippen LogP contribution in [0.3, 0.4) is 0 Å². The molecule has 1 aromatic rings. The molecule has 0 saturated carbocycles. The first-order chi connectivity index (χ1) is 8.61. The molecule has 0 atom stereocenters. The summed E-state index contributed by atoms with van der Waals surface area (Å²) < 4.78 is 10.1. The van der Waals surface area contributed by atoms with Gasteiger partial charge < -0.3 is 14.8 Å². The predicted molar refractivity (Wildman–Crippen MR) is 70.9 cm³/mol. The standard InChI is InChI=1S/C14H21NO3/c1-11(2)10-18-13-6-4-12(5-7-13)8-9-15-14(16)17-3/h4-7,11H,8-10H2,1-3H3,(H,15,16). The molecule has 1 amide bonds. The van der Waals surface area contributed by atoms with Crippen LogP contribution in [-0.4, -0.2) is 26.4 Å². The number of carbonyl (C=O) groups is 1. The Labute approximate surface area is 108 Å². The number of carbonyl (C=O) groups excluding carboxylic acids is 1. The van der Waals surface area contributed by atoms with Gasteiger partial charge >= 0.3 is 6.09 Å². The molecule has 100 valence electrons. The van der Waals surface area contributed by atoms with Gasteiger partial charge in [0.25, 0.3) is 0 Å². The van der Waals surface area contributed by atoms with Crippen molar-refractivity contribution in [1.82, 2.24) is 5.32 Å². The molecule has 4 nitrogen and oxygen atoms in total. The lowest BCUT2D eigenvalue weighted by molar-refractivity contribution is 0.171. The molecule has 4 heteroatoms. The van der Waals surface area contributed by atoms with E-state index in [1.54, 1.807) is 0 Å². The third-order valence-corrected chi connectivity index (χ3v) is 2.38. The predicted octanol–water partition coefficient (Wildman–Crippen LogP) is 2.62. The first-order valence-electron chi connectivity index (χ1n) is 6.15. The maximum atomic E-state index is 10.9. The zero-order valence-corrected chi connectivity index (χ0v) is 11.2. The fourth-order valence-electron chi connectivity index (χ4n) is 1.40. The molecule has 0 radical (unpaired) electrons. The Morgan fingerprint density at radius 1 is 1.28 bits per heavy atom. The van der Waals surface area contributed by atoms with Crippen molar-refractivity contribution in [2.75, 3.05) is 20.3 Å². The minimum absolute atomic E-state index is 0.396. The summed E-state index contributed by atoms with van der Waals surface area (Å²) in [5, 5.41) is 2.64. The summed E-state index contributed by atoms with van der Waals surface area (Å²) in [7, 11) is 1.36. The largest absolute Gasteiger partial charge is 0.493 e. The minimum atomic E-state index is -0.396. The van der Waals surface area contributed by atoms with Crippen molar-refractivity contribution in [1.29, 1.82) is 0 Å². The van der Waals surface area contributed by atoms with Crippen molar-refractivity contribution in [2.45, 2.75) is 20.3 Å². The summed E-state index contributed by atoms with van der Waals surface area (Å²) in [6.07, 6.45) is 0.381. The number of benzene rings is 1. The zero-order chi connectivity index (χ0) is 13.4. The van der Waals surface area contributed by atoms with Crippen molar-refractivity contribution >= 4 is 6.09 Å². The molecule has 1 N–H and O–H groups in total. The van der Waals surface area contributed by atoms with E-state index in [1.807, 2.05) is 24.3 Å². The van der Waals surface area contributed by atoms with Gasteiger partial charge in [-0.2, -0.15) is 0 Å². The normalized spacial score (nSPS) is 10.2. The second-order valence-corrected chi connectivity index (χ2v) is 4.52. The van der Waals surface area contributed by atoms with Crippen LogP contribution in [0.15, 0.2) is 24.3 Å². The average Bonchev–Trinajstić information content (AvgIpc) is 2.37. The number of ether oxygens (including phenoxy) is 2. The molecule has 0 heterocycles. The molecule has 0 aromatic heterocycles. The molecule has 0 saturated heterocycles. The number of hydrogen-bond donors (Lipinski definition) is 1. The maximum absolute atomic E-state index is 10.9. The molecule has 0 aliphatic carbocycles. The number of alkyl carbamates (subject to hydrolysis) is 1. The lowest BCUT2D eigenvalue weighted by Gasteiger charge is -2.09. The smallest absolute Gasteiger partial charge is 0.406 e. The van der Waals surface area contributed by atoms with Gasteiger partial charge in [-0.25, -0.2) is 4.79 Å². The second kappa shape index (κ2) is 7.58. The number of hydrogen-bond acceptors (Lipinski definition) is 3. The Hall–Kier alpha value is -1.71. The summed E-state index contributed by atoms with van der Waals surface area (Å²) in [6.45, 7) is 5.53. The van der Waals surface area contributed by atoms with Crippen LogP contribution in [0.25, 0.3) is 0 Å². The van der Waals surface area contributed by atoms with Gasteiger partial charge in [-0.05, 0) is 30.0 Å². The minimum Gasteiger partial charge on any atom is -0.493 e. The van der Waals surface area contributed by atoms with E-state index in [1.165, 1.54) is 7.11 Å². The van der Waals surface area contributed by atoms with Crippen molar-refractivity contribution in [3.05, 3.63) is 29.8 Å². The van der Waals surface area contributed by atoms with Gasteiger partial charge in [-0.15, -0.1) is 0 Å². The molecule has 18 heavy (non-hydrogen) atoms. The van der Waals surface area contributed by atoms with E-state index in [-0.39, 0.29) is 0 Å². The van der Waals surface area contributed by atoms with Gasteiger partial charge in [0, 0.05) is 6.54 Å². The van der Waals surface area contributed by atoms with Crippen molar-refractivity contribution in [3.8, 4) is 5.75 Å². The Morgan fingerprint density at radius 3 is 2.50 bits per heavy atom. The lowest BCUT2D eigenvalue weighted by atomic mass is 10.1. The van der Waals surface area contributed by atoms with E-state index in [9.17, 15) is 4.79 Å². The third kappa shape index (κ3) is 5.57.